The highest BCUT2D eigenvalue weighted by atomic mass is 32.2. The van der Waals surface area contributed by atoms with Crippen molar-refractivity contribution in [3.63, 3.8) is 0 Å². The van der Waals surface area contributed by atoms with E-state index in [2.05, 4.69) is 12.3 Å². The van der Waals surface area contributed by atoms with Crippen LogP contribution in [0.25, 0.3) is 0 Å². The summed E-state index contributed by atoms with van der Waals surface area (Å²) in [6, 6.07) is 0. The summed E-state index contributed by atoms with van der Waals surface area (Å²) in [7, 11) is 0. The quantitative estimate of drug-likeness (QED) is 0.419. The number of hydrogen-bond acceptors (Lipinski definition) is 1. The molecule has 0 nitrogen and oxygen atoms in total. The standard InChI is InChI=1S/C3H4S/c1-3-2-4-3/h2H,1H3. The molecule has 0 aliphatic carbocycles. The molecule has 0 saturated carbocycles. The average molecular weight is 72.1 g/mol. The lowest BCUT2D eigenvalue weighted by molar-refractivity contribution is 1.78. The van der Waals surface area contributed by atoms with Crippen LogP contribution in [0.5, 0.6) is 0 Å². The normalized spacial score (nSPS) is 19.8. The zero-order chi connectivity index (χ0) is 2.99. The molecule has 0 atom stereocenters. The van der Waals surface area contributed by atoms with Gasteiger partial charge in [-0.3, -0.25) is 0 Å². The van der Waals surface area contributed by atoms with Gasteiger partial charge in [0.15, 0.2) is 0 Å². The van der Waals surface area contributed by atoms with Gasteiger partial charge in [-0.2, -0.15) is 0 Å². The highest BCUT2D eigenvalue weighted by molar-refractivity contribution is 8.12. The zero-order valence-electron chi connectivity index (χ0n) is 2.49. The first-order valence-electron chi connectivity index (χ1n) is 1.23. The SMILES string of the molecule is CC1=CS1. The third kappa shape index (κ3) is 0.260. The van der Waals surface area contributed by atoms with E-state index in [1.54, 1.807) is 0 Å². The molecule has 0 radical (unpaired) electrons. The summed E-state index contributed by atoms with van der Waals surface area (Å²) in [4.78, 5) is 1.46. The molecule has 1 heterocycles. The van der Waals surface area contributed by atoms with E-state index in [-0.39, 0.29) is 0 Å². The summed E-state index contributed by atoms with van der Waals surface area (Å²) in [6.07, 6.45) is 0. The molecular weight excluding hydrogens is 68.1 g/mol. The zero-order valence-corrected chi connectivity index (χ0v) is 3.30. The lowest BCUT2D eigenvalue weighted by Gasteiger charge is -1.45. The summed E-state index contributed by atoms with van der Waals surface area (Å²) in [5.41, 5.74) is 0. The molecule has 22 valence electrons. The monoisotopic (exact) mass is 72.0 g/mol. The first-order chi connectivity index (χ1) is 1.89. The van der Waals surface area contributed by atoms with E-state index in [1.807, 2.05) is 11.8 Å². The molecule has 1 heteroatoms. The van der Waals surface area contributed by atoms with Gasteiger partial charge in [0, 0.05) is 0 Å². The Bertz CT molecular complexity index is 54.3. The summed E-state index contributed by atoms with van der Waals surface area (Å²) in [5, 5.41) is 2.12. The van der Waals surface area contributed by atoms with Crippen molar-refractivity contribution in [2.75, 3.05) is 0 Å². The molecule has 0 saturated heterocycles. The maximum Gasteiger partial charge on any atom is -0.00727 e. The minimum Gasteiger partial charge on any atom is -0.101 e. The van der Waals surface area contributed by atoms with E-state index in [9.17, 15) is 0 Å². The van der Waals surface area contributed by atoms with Gasteiger partial charge < -0.3 is 0 Å². The van der Waals surface area contributed by atoms with E-state index in [0.717, 1.165) is 0 Å². The Labute approximate surface area is 29.9 Å². The van der Waals surface area contributed by atoms with Gasteiger partial charge in [-0.25, -0.2) is 0 Å². The van der Waals surface area contributed by atoms with Gasteiger partial charge >= 0.3 is 0 Å². The Kier molecular flexibility index (Phi) is 0.304. The molecule has 0 N–H and O–H groups in total. The maximum absolute atomic E-state index is 2.12. The third-order valence-corrected chi connectivity index (χ3v) is 1.06. The van der Waals surface area contributed by atoms with Crippen LogP contribution in [0.2, 0.25) is 0 Å². The van der Waals surface area contributed by atoms with Gasteiger partial charge in [0.1, 0.15) is 0 Å². The Balaban J connectivity index is 2.54. The van der Waals surface area contributed by atoms with Crippen LogP contribution in [0.4, 0.5) is 0 Å². The van der Waals surface area contributed by atoms with Crippen molar-refractivity contribution in [3.05, 3.63) is 10.3 Å². The van der Waals surface area contributed by atoms with Crippen LogP contribution in [-0.2, 0) is 0 Å². The highest BCUT2D eigenvalue weighted by Gasteiger charge is 1.95. The van der Waals surface area contributed by atoms with Crippen molar-refractivity contribution in [2.24, 2.45) is 0 Å². The lowest BCUT2D eigenvalue weighted by Crippen LogP contribution is -1.18. The van der Waals surface area contributed by atoms with Gasteiger partial charge in [0.25, 0.3) is 0 Å². The molecule has 0 amide bonds. The number of allylic oxidation sites excluding steroid dienone is 1. The van der Waals surface area contributed by atoms with Gasteiger partial charge in [-0.1, -0.05) is 0 Å². The first-order valence-corrected chi connectivity index (χ1v) is 2.11. The fourth-order valence-corrected chi connectivity index (χ4v) is 0.177. The molecular formula is C3H4S. The van der Waals surface area contributed by atoms with E-state index >= 15 is 0 Å². The first kappa shape index (κ1) is 2.33. The van der Waals surface area contributed by atoms with Crippen LogP contribution in [0.3, 0.4) is 0 Å². The molecule has 0 aromatic rings. The molecule has 1 aliphatic heterocycles. The van der Waals surface area contributed by atoms with Crippen molar-refractivity contribution in [3.8, 4) is 0 Å². The van der Waals surface area contributed by atoms with Crippen molar-refractivity contribution in [2.45, 2.75) is 6.92 Å². The fraction of sp³-hybridized carbons (Fsp3) is 0.333. The second-order valence-corrected chi connectivity index (χ2v) is 1.96. The lowest BCUT2D eigenvalue weighted by atomic mass is 10.8. The predicted octanol–water partition coefficient (Wildman–Crippen LogP) is 1.59. The van der Waals surface area contributed by atoms with Crippen molar-refractivity contribution >= 4 is 11.8 Å². The van der Waals surface area contributed by atoms with Crippen molar-refractivity contribution in [1.29, 1.82) is 0 Å². The molecule has 0 spiro atoms. The van der Waals surface area contributed by atoms with Crippen LogP contribution in [0.1, 0.15) is 6.92 Å². The molecule has 0 aromatic heterocycles. The minimum absolute atomic E-state index is 1.46. The highest BCUT2D eigenvalue weighted by Crippen LogP contribution is 2.31. The molecule has 0 fully saturated rings. The van der Waals surface area contributed by atoms with Crippen LogP contribution < -0.4 is 0 Å². The predicted molar refractivity (Wildman–Crippen MR) is 21.3 cm³/mol. The van der Waals surface area contributed by atoms with Crippen LogP contribution >= 0.6 is 11.8 Å². The van der Waals surface area contributed by atoms with Gasteiger partial charge in [-0.15, -0.1) is 11.8 Å². The molecule has 4 heavy (non-hydrogen) atoms. The topological polar surface area (TPSA) is 0 Å². The fourth-order valence-electron chi connectivity index (χ4n) is 0.0589. The maximum atomic E-state index is 2.12. The third-order valence-electron chi connectivity index (χ3n) is 0.354. The summed E-state index contributed by atoms with van der Waals surface area (Å²) in [5.74, 6) is 0. The second kappa shape index (κ2) is 0.521. The molecule has 0 unspecified atom stereocenters. The van der Waals surface area contributed by atoms with E-state index in [0.29, 0.717) is 0 Å². The van der Waals surface area contributed by atoms with Crippen LogP contribution in [0, 0.1) is 0 Å². The van der Waals surface area contributed by atoms with Crippen LogP contribution in [-0.4, -0.2) is 0 Å². The summed E-state index contributed by atoms with van der Waals surface area (Å²) >= 11 is 1.81. The van der Waals surface area contributed by atoms with E-state index in [1.165, 1.54) is 4.91 Å². The minimum atomic E-state index is 1.46. The second-order valence-electron chi connectivity index (χ2n) is 0.846. The Morgan fingerprint density at radius 2 is 2.25 bits per heavy atom. The summed E-state index contributed by atoms with van der Waals surface area (Å²) in [6.45, 7) is 2.10. The van der Waals surface area contributed by atoms with Crippen LogP contribution in [0.15, 0.2) is 10.3 Å². The van der Waals surface area contributed by atoms with E-state index < -0.39 is 0 Å². The average Bonchev–Trinajstić information content (AvgIpc) is 1.75. The van der Waals surface area contributed by atoms with Crippen molar-refractivity contribution in [1.82, 2.24) is 0 Å². The number of hydrogen-bond donors (Lipinski definition) is 0. The molecule has 1 rings (SSSR count). The Morgan fingerprint density at radius 3 is 2.25 bits per heavy atom. The smallest absolute Gasteiger partial charge is 0.00727 e. The largest absolute Gasteiger partial charge is 0.101 e. The van der Waals surface area contributed by atoms with E-state index in [4.69, 9.17) is 0 Å². The molecule has 1 aliphatic rings. The summed E-state index contributed by atoms with van der Waals surface area (Å²) < 4.78 is 0. The van der Waals surface area contributed by atoms with Gasteiger partial charge in [-0.05, 0) is 17.2 Å². The Hall–Kier alpha value is 0.0900. The molecule has 0 bridgehead atoms. The molecule has 0 aromatic carbocycles. The van der Waals surface area contributed by atoms with Gasteiger partial charge in [0.05, 0.1) is 0 Å². The Morgan fingerprint density at radius 1 is 2.00 bits per heavy atom. The van der Waals surface area contributed by atoms with Gasteiger partial charge in [0.2, 0.25) is 0 Å². The number of rotatable bonds is 0. The van der Waals surface area contributed by atoms with Crippen molar-refractivity contribution < 1.29 is 0 Å². The number of thioether (sulfide) groups is 1.